The molecule has 1 aromatic rings. The van der Waals surface area contributed by atoms with Crippen molar-refractivity contribution in [2.75, 3.05) is 41.4 Å². The first-order valence-electron chi connectivity index (χ1n) is 6.77. The lowest BCUT2D eigenvalue weighted by Gasteiger charge is -2.15. The van der Waals surface area contributed by atoms with Gasteiger partial charge in [0.2, 0.25) is 0 Å². The van der Waals surface area contributed by atoms with E-state index in [0.29, 0.717) is 29.5 Å². The zero-order valence-electron chi connectivity index (χ0n) is 12.9. The minimum Gasteiger partial charge on any atom is -0.493 e. The van der Waals surface area contributed by atoms with E-state index >= 15 is 0 Å². The second-order valence-electron chi connectivity index (χ2n) is 5.30. The smallest absolute Gasteiger partial charge is 0.251 e. The molecule has 1 aromatic carbocycles. The summed E-state index contributed by atoms with van der Waals surface area (Å²) in [4.78, 5) is 13.5. The maximum Gasteiger partial charge on any atom is 0.251 e. The van der Waals surface area contributed by atoms with E-state index in [-0.39, 0.29) is 5.91 Å². The third-order valence-electron chi connectivity index (χ3n) is 3.01. The van der Waals surface area contributed by atoms with E-state index in [1.54, 1.807) is 32.4 Å². The van der Waals surface area contributed by atoms with Gasteiger partial charge < -0.3 is 19.7 Å². The molecule has 5 nitrogen and oxygen atoms in total. The van der Waals surface area contributed by atoms with E-state index in [2.05, 4.69) is 26.3 Å². The molecule has 0 fully saturated rings. The average Bonchev–Trinajstić information content (AvgIpc) is 2.43. The fourth-order valence-electron chi connectivity index (χ4n) is 2.12. The van der Waals surface area contributed by atoms with Crippen LogP contribution < -0.4 is 19.7 Å². The lowest BCUT2D eigenvalue weighted by atomic mass is 10.1. The number of amides is 1. The molecule has 1 rings (SSSR count). The van der Waals surface area contributed by atoms with Crippen molar-refractivity contribution in [3.8, 4) is 11.5 Å². The molecule has 1 amide bonds. The molecule has 0 heterocycles. The Bertz CT molecular complexity index is 447. The molecule has 0 spiro atoms. The minimum atomic E-state index is -0.0911. The molecule has 0 aromatic heterocycles. The Labute approximate surface area is 120 Å². The second kappa shape index (κ2) is 7.75. The number of ether oxygens (including phenoxy) is 2. The van der Waals surface area contributed by atoms with E-state index in [0.717, 1.165) is 6.54 Å². The van der Waals surface area contributed by atoms with Gasteiger partial charge in [-0.25, -0.2) is 0 Å². The van der Waals surface area contributed by atoms with Crippen molar-refractivity contribution in [3.63, 3.8) is 0 Å². The number of quaternary nitrogens is 1. The maximum atomic E-state index is 12.1. The van der Waals surface area contributed by atoms with Crippen LogP contribution in [0.4, 0.5) is 0 Å². The molecule has 2 N–H and O–H groups in total. The highest BCUT2D eigenvalue weighted by molar-refractivity contribution is 5.94. The highest BCUT2D eigenvalue weighted by Gasteiger charge is 2.12. The van der Waals surface area contributed by atoms with Crippen molar-refractivity contribution in [2.45, 2.75) is 6.92 Å². The molecule has 20 heavy (non-hydrogen) atoms. The molecule has 0 radical (unpaired) electrons. The van der Waals surface area contributed by atoms with Crippen LogP contribution in [-0.2, 0) is 0 Å². The zero-order chi connectivity index (χ0) is 15.1. The van der Waals surface area contributed by atoms with Gasteiger partial charge in [0.25, 0.3) is 5.91 Å². The van der Waals surface area contributed by atoms with Crippen molar-refractivity contribution >= 4 is 5.91 Å². The molecule has 0 bridgehead atoms. The number of hydrogen-bond acceptors (Lipinski definition) is 3. The number of rotatable bonds is 7. The number of benzene rings is 1. The van der Waals surface area contributed by atoms with Crippen LogP contribution in [0.15, 0.2) is 18.2 Å². The number of nitrogens with one attached hydrogen (secondary N) is 2. The summed E-state index contributed by atoms with van der Waals surface area (Å²) >= 11 is 0. The zero-order valence-corrected chi connectivity index (χ0v) is 12.9. The monoisotopic (exact) mass is 281 g/mol. The molecule has 1 atom stereocenters. The molecule has 112 valence electrons. The van der Waals surface area contributed by atoms with Gasteiger partial charge in [-0.2, -0.15) is 0 Å². The van der Waals surface area contributed by atoms with Crippen LogP contribution in [0.1, 0.15) is 17.3 Å². The fraction of sp³-hybridized carbons (Fsp3) is 0.533. The summed E-state index contributed by atoms with van der Waals surface area (Å²) in [5.41, 5.74) is 0.576. The molecule has 0 aliphatic carbocycles. The lowest BCUT2D eigenvalue weighted by Crippen LogP contribution is -3.06. The summed E-state index contributed by atoms with van der Waals surface area (Å²) in [6.07, 6.45) is 0. The highest BCUT2D eigenvalue weighted by Crippen LogP contribution is 2.27. The van der Waals surface area contributed by atoms with Gasteiger partial charge in [-0.05, 0) is 18.2 Å². The largest absolute Gasteiger partial charge is 0.493 e. The van der Waals surface area contributed by atoms with Crippen LogP contribution in [0.3, 0.4) is 0 Å². The van der Waals surface area contributed by atoms with Crippen molar-refractivity contribution in [1.29, 1.82) is 0 Å². The number of methoxy groups -OCH3 is 2. The van der Waals surface area contributed by atoms with Crippen molar-refractivity contribution < 1.29 is 19.2 Å². The van der Waals surface area contributed by atoms with Crippen molar-refractivity contribution in [3.05, 3.63) is 23.8 Å². The number of carbonyl (C=O) groups is 1. The average molecular weight is 281 g/mol. The van der Waals surface area contributed by atoms with Gasteiger partial charge in [0.15, 0.2) is 11.5 Å². The predicted octanol–water partition coefficient (Wildman–Crippen LogP) is 0.214. The molecular formula is C15H25N2O3+. The molecule has 5 heteroatoms. The normalized spacial score (nSPS) is 12.1. The van der Waals surface area contributed by atoms with E-state index in [1.807, 2.05) is 0 Å². The van der Waals surface area contributed by atoms with E-state index in [4.69, 9.17) is 9.47 Å². The third kappa shape index (κ3) is 4.74. The Morgan fingerprint density at radius 1 is 1.25 bits per heavy atom. The first-order chi connectivity index (χ1) is 9.47. The standard InChI is InChI=1S/C15H24N2O3/c1-11(10-17(2)3)9-16-15(18)12-6-7-13(19-4)14(8-12)20-5/h6-8,11H,9-10H2,1-5H3,(H,16,18)/p+1/t11-/m0/s1. The first kappa shape index (κ1) is 16.3. The fourth-order valence-corrected chi connectivity index (χ4v) is 2.12. The summed E-state index contributed by atoms with van der Waals surface area (Å²) in [6.45, 7) is 3.81. The maximum absolute atomic E-state index is 12.1. The quantitative estimate of drug-likeness (QED) is 0.751. The van der Waals surface area contributed by atoms with Gasteiger partial charge in [0.05, 0.1) is 34.9 Å². The van der Waals surface area contributed by atoms with E-state index in [1.165, 1.54) is 4.90 Å². The van der Waals surface area contributed by atoms with Gasteiger partial charge in [-0.1, -0.05) is 6.92 Å². The SMILES string of the molecule is COc1ccc(C(=O)NC[C@H](C)C[NH+](C)C)cc1OC. The Hall–Kier alpha value is -1.75. The van der Waals surface area contributed by atoms with E-state index in [9.17, 15) is 4.79 Å². The Morgan fingerprint density at radius 2 is 1.90 bits per heavy atom. The Morgan fingerprint density at radius 3 is 2.45 bits per heavy atom. The molecular weight excluding hydrogens is 256 g/mol. The number of hydrogen-bond donors (Lipinski definition) is 2. The van der Waals surface area contributed by atoms with Crippen molar-refractivity contribution in [2.24, 2.45) is 5.92 Å². The lowest BCUT2D eigenvalue weighted by molar-refractivity contribution is -0.861. The molecule has 0 saturated carbocycles. The summed E-state index contributed by atoms with van der Waals surface area (Å²) in [6, 6.07) is 5.16. The van der Waals surface area contributed by atoms with Gasteiger partial charge in [0, 0.05) is 18.0 Å². The summed E-state index contributed by atoms with van der Waals surface area (Å²) in [5, 5.41) is 2.94. The van der Waals surface area contributed by atoms with Crippen LogP contribution in [0, 0.1) is 5.92 Å². The Kier molecular flexibility index (Phi) is 6.31. The topological polar surface area (TPSA) is 52.0 Å². The number of carbonyl (C=O) groups excluding carboxylic acids is 1. The van der Waals surface area contributed by atoms with Crippen LogP contribution in [0.2, 0.25) is 0 Å². The van der Waals surface area contributed by atoms with Gasteiger partial charge in [-0.15, -0.1) is 0 Å². The minimum absolute atomic E-state index is 0.0911. The third-order valence-corrected chi connectivity index (χ3v) is 3.01. The van der Waals surface area contributed by atoms with Gasteiger partial charge in [0.1, 0.15) is 0 Å². The first-order valence-corrected chi connectivity index (χ1v) is 6.77. The second-order valence-corrected chi connectivity index (χ2v) is 5.30. The predicted molar refractivity (Wildman–Crippen MR) is 78.7 cm³/mol. The summed E-state index contributed by atoms with van der Waals surface area (Å²) in [7, 11) is 7.34. The molecule has 0 aliphatic rings. The molecule has 0 unspecified atom stereocenters. The summed E-state index contributed by atoms with van der Waals surface area (Å²) < 4.78 is 10.4. The summed E-state index contributed by atoms with van der Waals surface area (Å²) in [5.74, 6) is 1.52. The highest BCUT2D eigenvalue weighted by atomic mass is 16.5. The van der Waals surface area contributed by atoms with Crippen LogP contribution in [0.25, 0.3) is 0 Å². The Balaban J connectivity index is 2.64. The molecule has 0 saturated heterocycles. The van der Waals surface area contributed by atoms with Crippen LogP contribution >= 0.6 is 0 Å². The van der Waals surface area contributed by atoms with Crippen LogP contribution in [0.5, 0.6) is 11.5 Å². The van der Waals surface area contributed by atoms with Crippen LogP contribution in [-0.4, -0.2) is 47.3 Å². The van der Waals surface area contributed by atoms with Gasteiger partial charge in [-0.3, -0.25) is 4.79 Å². The van der Waals surface area contributed by atoms with Crippen molar-refractivity contribution in [1.82, 2.24) is 5.32 Å². The molecule has 0 aliphatic heterocycles. The van der Waals surface area contributed by atoms with Gasteiger partial charge >= 0.3 is 0 Å². The van der Waals surface area contributed by atoms with E-state index < -0.39 is 0 Å².